The molecule has 0 bridgehead atoms. The van der Waals surface area contributed by atoms with Crippen molar-refractivity contribution >= 4 is 68.4 Å². The molecule has 1 aliphatic rings. The summed E-state index contributed by atoms with van der Waals surface area (Å²) in [7, 11) is 0. The van der Waals surface area contributed by atoms with E-state index in [9.17, 15) is 0 Å². The van der Waals surface area contributed by atoms with E-state index in [4.69, 9.17) is 0 Å². The Morgan fingerprint density at radius 3 is 1.64 bits per heavy atom. The van der Waals surface area contributed by atoms with Crippen molar-refractivity contribution in [2.24, 2.45) is 5.92 Å². The second kappa shape index (κ2) is 24.0. The molecule has 10 rings (SSSR count). The number of para-hydroxylation sites is 4. The fraction of sp³-hybridized carbons (Fsp3) is 0.111. The van der Waals surface area contributed by atoms with Gasteiger partial charge in [-0.25, -0.2) is 0 Å². The van der Waals surface area contributed by atoms with Crippen molar-refractivity contribution < 1.29 is 0 Å². The number of hydrogen-bond donors (Lipinski definition) is 0. The summed E-state index contributed by atoms with van der Waals surface area (Å²) in [6.45, 7) is 8.78. The molecule has 0 N–H and O–H groups in total. The maximum absolute atomic E-state index is 2.45. The Kier molecular flexibility index (Phi) is 16.0. The third-order valence-corrected chi connectivity index (χ3v) is 15.1. The van der Waals surface area contributed by atoms with E-state index in [2.05, 4.69) is 311 Å². The predicted octanol–water partition coefficient (Wildman–Crippen LogP) is 21.4. The summed E-state index contributed by atoms with van der Waals surface area (Å²) < 4.78 is 0. The molecule has 0 aliphatic heterocycles. The number of anilines is 6. The van der Waals surface area contributed by atoms with Gasteiger partial charge in [0.25, 0.3) is 0 Å². The fourth-order valence-corrected chi connectivity index (χ4v) is 11.1. The van der Waals surface area contributed by atoms with Crippen molar-refractivity contribution in [3.05, 3.63) is 288 Å². The molecule has 368 valence electrons. The summed E-state index contributed by atoms with van der Waals surface area (Å²) in [6, 6.07) is 72.7. The van der Waals surface area contributed by atoms with Gasteiger partial charge in [-0.05, 0) is 191 Å². The molecule has 2 nitrogen and oxygen atoms in total. The van der Waals surface area contributed by atoms with Gasteiger partial charge in [-0.3, -0.25) is 0 Å². The van der Waals surface area contributed by atoms with Crippen LogP contribution >= 0.6 is 11.3 Å². The van der Waals surface area contributed by atoms with Gasteiger partial charge in [-0.2, -0.15) is 0 Å². The summed E-state index contributed by atoms with van der Waals surface area (Å²) >= 11 is 1.84. The minimum atomic E-state index is 0.346. The lowest BCUT2D eigenvalue weighted by Gasteiger charge is -2.26. The van der Waals surface area contributed by atoms with Gasteiger partial charge >= 0.3 is 0 Å². The number of hydrogen-bond acceptors (Lipinski definition) is 3. The zero-order chi connectivity index (χ0) is 51.3. The monoisotopic (exact) mass is 988 g/mol. The molecule has 1 aliphatic carbocycles. The average Bonchev–Trinajstić information content (AvgIpc) is 3.82. The van der Waals surface area contributed by atoms with E-state index in [0.717, 1.165) is 53.4 Å². The summed E-state index contributed by atoms with van der Waals surface area (Å²) in [5.74, 6) is 0.346. The van der Waals surface area contributed by atoms with Gasteiger partial charge in [0.05, 0.1) is 0 Å². The number of fused-ring (bicyclic) bond motifs is 2. The smallest absolute Gasteiger partial charge is 0.0462 e. The van der Waals surface area contributed by atoms with Gasteiger partial charge in [0.15, 0.2) is 0 Å². The van der Waals surface area contributed by atoms with Gasteiger partial charge in [-0.15, -0.1) is 11.3 Å². The van der Waals surface area contributed by atoms with E-state index in [1.165, 1.54) is 70.6 Å². The SMILES string of the molecule is C/C=C(C)\C(=C/CC)C/C=C\C(C)/C=C/C=C/c1ccc(-c2ccc3c(-c4ccc(N(c5ccccc5)c5ccccc5)cc4)c4c(c(-c5ccc(N(c6ccccc6)c6ccccc6)cc5)c3c2)C=CC=CC4)s1. The quantitative estimate of drug-likeness (QED) is 0.0663. The molecule has 0 saturated heterocycles. The second-order valence-electron chi connectivity index (χ2n) is 19.0. The lowest BCUT2D eigenvalue weighted by atomic mass is 9.82. The highest BCUT2D eigenvalue weighted by Gasteiger charge is 2.23. The highest BCUT2D eigenvalue weighted by atomic mass is 32.1. The number of rotatable bonds is 17. The molecule has 1 atom stereocenters. The normalized spacial score (nSPS) is 13.2. The summed E-state index contributed by atoms with van der Waals surface area (Å²) in [5, 5.41) is 2.47. The van der Waals surface area contributed by atoms with Crippen molar-refractivity contribution in [3.8, 4) is 32.7 Å². The molecule has 0 radical (unpaired) electrons. The molecule has 0 saturated carbocycles. The van der Waals surface area contributed by atoms with Crippen LogP contribution in [0.2, 0.25) is 0 Å². The molecule has 1 aromatic heterocycles. The molecule has 0 spiro atoms. The summed E-state index contributed by atoms with van der Waals surface area (Å²) in [6.07, 6.45) is 29.9. The van der Waals surface area contributed by atoms with E-state index in [1.807, 2.05) is 11.3 Å². The third kappa shape index (κ3) is 11.5. The molecule has 9 aromatic rings. The molecule has 0 fully saturated rings. The third-order valence-electron chi connectivity index (χ3n) is 14.0. The van der Waals surface area contributed by atoms with Crippen LogP contribution in [0.15, 0.2) is 272 Å². The Morgan fingerprint density at radius 1 is 0.560 bits per heavy atom. The van der Waals surface area contributed by atoms with Crippen molar-refractivity contribution in [2.45, 2.75) is 47.0 Å². The first kappa shape index (κ1) is 50.1. The van der Waals surface area contributed by atoms with Crippen LogP contribution in [0.3, 0.4) is 0 Å². The molecular formula is C72H64N2S. The number of allylic oxidation sites excluding steroid dienone is 12. The zero-order valence-corrected chi connectivity index (χ0v) is 44.3. The van der Waals surface area contributed by atoms with Crippen molar-refractivity contribution in [1.82, 2.24) is 0 Å². The van der Waals surface area contributed by atoms with Crippen LogP contribution < -0.4 is 9.80 Å². The molecule has 8 aromatic carbocycles. The highest BCUT2D eigenvalue weighted by Crippen LogP contribution is 2.47. The summed E-state index contributed by atoms with van der Waals surface area (Å²) in [5.41, 5.74) is 18.2. The minimum Gasteiger partial charge on any atom is -0.311 e. The van der Waals surface area contributed by atoms with Crippen LogP contribution in [0, 0.1) is 5.92 Å². The van der Waals surface area contributed by atoms with Gasteiger partial charge in [0.2, 0.25) is 0 Å². The van der Waals surface area contributed by atoms with Crippen LogP contribution in [0.1, 0.15) is 56.5 Å². The number of benzene rings is 8. The predicted molar refractivity (Wildman–Crippen MR) is 328 cm³/mol. The van der Waals surface area contributed by atoms with Gasteiger partial charge in [0, 0.05) is 43.9 Å². The van der Waals surface area contributed by atoms with Gasteiger partial charge in [-0.1, -0.05) is 195 Å². The largest absolute Gasteiger partial charge is 0.311 e. The first-order chi connectivity index (χ1) is 37.0. The van der Waals surface area contributed by atoms with E-state index in [-0.39, 0.29) is 0 Å². The lowest BCUT2D eigenvalue weighted by Crippen LogP contribution is -2.09. The Bertz CT molecular complexity index is 3490. The number of nitrogens with zero attached hydrogens (tertiary/aromatic N) is 2. The van der Waals surface area contributed by atoms with Crippen molar-refractivity contribution in [1.29, 1.82) is 0 Å². The van der Waals surface area contributed by atoms with E-state index < -0.39 is 0 Å². The molecule has 0 amide bonds. The Morgan fingerprint density at radius 2 is 1.09 bits per heavy atom. The van der Waals surface area contributed by atoms with Gasteiger partial charge < -0.3 is 9.80 Å². The van der Waals surface area contributed by atoms with Crippen molar-refractivity contribution in [3.63, 3.8) is 0 Å². The maximum Gasteiger partial charge on any atom is 0.0462 e. The highest BCUT2D eigenvalue weighted by molar-refractivity contribution is 7.16. The first-order valence-electron chi connectivity index (χ1n) is 26.4. The van der Waals surface area contributed by atoms with Crippen LogP contribution in [-0.4, -0.2) is 0 Å². The molecule has 75 heavy (non-hydrogen) atoms. The molecule has 1 unspecified atom stereocenters. The van der Waals surface area contributed by atoms with E-state index in [1.54, 1.807) is 0 Å². The van der Waals surface area contributed by atoms with Gasteiger partial charge in [0.1, 0.15) is 0 Å². The molecule has 1 heterocycles. The van der Waals surface area contributed by atoms with Crippen LogP contribution in [0.25, 0.3) is 55.6 Å². The topological polar surface area (TPSA) is 6.48 Å². The standard InChI is InChI=1S/C72H64N2S/c1-5-25-55(54(4)6-2)28-24-27-53(3)26-22-23-37-65-49-51-70(75-65)58-44-50-68-69(52-58)72(57-42-47-64(48-43-57)74(61-33-16-9-17-34-61)62-35-18-10-19-36-62)67-39-21-11-20-38-66(67)71(68)56-40-45-63(46-41-56)73(59-29-12-7-13-30-59)60-31-14-8-15-32-60/h6-27,29-37,39-53H,5,28,38H2,1-4H3/b26-22+,27-24-,37-23+,54-6-,55-25-. The second-order valence-corrected chi connectivity index (χ2v) is 20.2. The minimum absolute atomic E-state index is 0.346. The number of thiophene rings is 1. The Balaban J connectivity index is 1.05. The van der Waals surface area contributed by atoms with E-state index in [0.29, 0.717) is 5.92 Å². The lowest BCUT2D eigenvalue weighted by molar-refractivity contribution is 0.931. The average molecular weight is 989 g/mol. The molecular weight excluding hydrogens is 925 g/mol. The fourth-order valence-electron chi connectivity index (χ4n) is 10.2. The maximum atomic E-state index is 2.45. The Labute approximate surface area is 449 Å². The van der Waals surface area contributed by atoms with Crippen LogP contribution in [0.4, 0.5) is 34.1 Å². The van der Waals surface area contributed by atoms with E-state index >= 15 is 0 Å². The zero-order valence-electron chi connectivity index (χ0n) is 43.5. The Hall–Kier alpha value is -8.50. The first-order valence-corrected chi connectivity index (χ1v) is 27.2. The van der Waals surface area contributed by atoms with Crippen molar-refractivity contribution in [2.75, 3.05) is 9.80 Å². The summed E-state index contributed by atoms with van der Waals surface area (Å²) in [4.78, 5) is 7.13. The van der Waals surface area contributed by atoms with Crippen LogP contribution in [0.5, 0.6) is 0 Å². The molecule has 3 heteroatoms. The van der Waals surface area contributed by atoms with Crippen LogP contribution in [-0.2, 0) is 6.42 Å².